The molecule has 0 unspecified atom stereocenters. The summed E-state index contributed by atoms with van der Waals surface area (Å²) >= 11 is 0. The number of hydrogen-bond acceptors (Lipinski definition) is 0. The molecule has 0 bridgehead atoms. The lowest BCUT2D eigenvalue weighted by atomic mass is 10.1. The van der Waals surface area contributed by atoms with Gasteiger partial charge < -0.3 is 4.57 Å². The van der Waals surface area contributed by atoms with Crippen molar-refractivity contribution in [3.05, 3.63) is 65.4 Å². The fraction of sp³-hybridized carbons (Fsp3) is 0.176. The third kappa shape index (κ3) is 1.82. The second-order valence-electron chi connectivity index (χ2n) is 5.09. The van der Waals surface area contributed by atoms with E-state index in [1.807, 2.05) is 0 Å². The highest BCUT2D eigenvalue weighted by Crippen LogP contribution is 2.22. The number of nitrogens with zero attached hydrogens (tertiary/aromatic N) is 1. The molecule has 0 radical (unpaired) electrons. The molecule has 1 aromatic heterocycles. The van der Waals surface area contributed by atoms with Crippen LogP contribution in [0.2, 0.25) is 0 Å². The molecule has 0 aliphatic rings. The second-order valence-corrected chi connectivity index (χ2v) is 5.09. The first-order valence-electron chi connectivity index (χ1n) is 6.30. The summed E-state index contributed by atoms with van der Waals surface area (Å²) in [6.07, 6.45) is 2.15. The molecule has 1 heterocycles. The normalized spacial score (nSPS) is 11.1. The van der Waals surface area contributed by atoms with Gasteiger partial charge in [0.15, 0.2) is 0 Å². The van der Waals surface area contributed by atoms with E-state index in [0.29, 0.717) is 0 Å². The summed E-state index contributed by atoms with van der Waals surface area (Å²) < 4.78 is 2.26. The molecule has 0 aliphatic carbocycles. The molecule has 1 heteroatoms. The van der Waals surface area contributed by atoms with Crippen LogP contribution >= 0.6 is 0 Å². The lowest BCUT2D eigenvalue weighted by Crippen LogP contribution is -1.93. The van der Waals surface area contributed by atoms with Crippen LogP contribution in [-0.4, -0.2) is 4.57 Å². The number of fused-ring (bicyclic) bond motifs is 1. The van der Waals surface area contributed by atoms with Crippen LogP contribution in [0.15, 0.2) is 48.7 Å². The van der Waals surface area contributed by atoms with Gasteiger partial charge in [0.25, 0.3) is 0 Å². The minimum atomic E-state index is 1.24. The first-order valence-corrected chi connectivity index (χ1v) is 6.30. The molecule has 0 atom stereocenters. The first-order chi connectivity index (χ1) is 8.63. The van der Waals surface area contributed by atoms with E-state index in [2.05, 4.69) is 74.0 Å². The summed E-state index contributed by atoms with van der Waals surface area (Å²) in [5.41, 5.74) is 6.43. The Balaban J connectivity index is 2.25. The number of benzene rings is 2. The van der Waals surface area contributed by atoms with Gasteiger partial charge in [-0.2, -0.15) is 0 Å². The van der Waals surface area contributed by atoms with E-state index in [-0.39, 0.29) is 0 Å². The van der Waals surface area contributed by atoms with Crippen LogP contribution in [0.25, 0.3) is 16.6 Å². The van der Waals surface area contributed by atoms with Crippen LogP contribution in [0.4, 0.5) is 0 Å². The molecular weight excluding hydrogens is 218 g/mol. The molecule has 0 saturated heterocycles. The van der Waals surface area contributed by atoms with E-state index in [4.69, 9.17) is 0 Å². The Morgan fingerprint density at radius 3 is 2.17 bits per heavy atom. The molecule has 3 aromatic rings. The maximum atomic E-state index is 2.26. The van der Waals surface area contributed by atoms with E-state index < -0.39 is 0 Å². The third-order valence-corrected chi connectivity index (χ3v) is 3.33. The zero-order valence-corrected chi connectivity index (χ0v) is 11.1. The summed E-state index contributed by atoms with van der Waals surface area (Å²) in [5.74, 6) is 0. The van der Waals surface area contributed by atoms with Crippen molar-refractivity contribution in [2.45, 2.75) is 20.8 Å². The van der Waals surface area contributed by atoms with Gasteiger partial charge in [-0.15, -0.1) is 0 Å². The Bertz CT molecular complexity index is 699. The summed E-state index contributed by atoms with van der Waals surface area (Å²) in [7, 11) is 0. The molecule has 0 fully saturated rings. The van der Waals surface area contributed by atoms with Gasteiger partial charge in [0.05, 0.1) is 5.52 Å². The lowest BCUT2D eigenvalue weighted by molar-refractivity contribution is 1.11. The van der Waals surface area contributed by atoms with Crippen LogP contribution in [0.3, 0.4) is 0 Å². The van der Waals surface area contributed by atoms with Gasteiger partial charge in [-0.25, -0.2) is 0 Å². The molecule has 90 valence electrons. The number of aromatic nitrogens is 1. The van der Waals surface area contributed by atoms with E-state index in [9.17, 15) is 0 Å². The van der Waals surface area contributed by atoms with Crippen LogP contribution in [0.5, 0.6) is 0 Å². The largest absolute Gasteiger partial charge is 0.317 e. The first kappa shape index (κ1) is 11.1. The number of aryl methyl sites for hydroxylation is 3. The average Bonchev–Trinajstić information content (AvgIpc) is 2.70. The van der Waals surface area contributed by atoms with Crippen LogP contribution in [0.1, 0.15) is 16.7 Å². The van der Waals surface area contributed by atoms with Crippen LogP contribution in [-0.2, 0) is 0 Å². The van der Waals surface area contributed by atoms with Crippen molar-refractivity contribution in [1.29, 1.82) is 0 Å². The highest BCUT2D eigenvalue weighted by Gasteiger charge is 2.04. The molecule has 3 rings (SSSR count). The Morgan fingerprint density at radius 2 is 1.44 bits per heavy atom. The van der Waals surface area contributed by atoms with Gasteiger partial charge in [0, 0.05) is 17.3 Å². The predicted octanol–water partition coefficient (Wildman–Crippen LogP) is 4.56. The van der Waals surface area contributed by atoms with E-state index >= 15 is 0 Å². The number of rotatable bonds is 1. The maximum Gasteiger partial charge on any atom is 0.0528 e. The standard InChI is InChI=1S/C17H17N/c1-12-4-5-17-15(9-12)6-7-18(17)16-10-13(2)8-14(3)11-16/h4-11H,1-3H3. The Morgan fingerprint density at radius 1 is 0.722 bits per heavy atom. The van der Waals surface area contributed by atoms with E-state index in [1.165, 1.54) is 33.3 Å². The van der Waals surface area contributed by atoms with E-state index in [1.54, 1.807) is 0 Å². The Labute approximate surface area is 108 Å². The van der Waals surface area contributed by atoms with Crippen LogP contribution < -0.4 is 0 Å². The highest BCUT2D eigenvalue weighted by atomic mass is 15.0. The summed E-state index contributed by atoms with van der Waals surface area (Å²) in [6.45, 7) is 6.42. The lowest BCUT2D eigenvalue weighted by Gasteiger charge is -2.08. The molecule has 0 spiro atoms. The van der Waals surface area contributed by atoms with Gasteiger partial charge in [0.1, 0.15) is 0 Å². The fourth-order valence-electron chi connectivity index (χ4n) is 2.58. The highest BCUT2D eigenvalue weighted by molar-refractivity contribution is 5.82. The topological polar surface area (TPSA) is 4.93 Å². The maximum absolute atomic E-state index is 2.26. The zero-order valence-electron chi connectivity index (χ0n) is 11.1. The summed E-state index contributed by atoms with van der Waals surface area (Å²) in [6, 6.07) is 15.4. The molecule has 0 saturated carbocycles. The van der Waals surface area contributed by atoms with Crippen molar-refractivity contribution in [2.24, 2.45) is 0 Å². The van der Waals surface area contributed by atoms with E-state index in [0.717, 1.165) is 0 Å². The van der Waals surface area contributed by atoms with Gasteiger partial charge in [-0.3, -0.25) is 0 Å². The Kier molecular flexibility index (Phi) is 2.48. The van der Waals surface area contributed by atoms with Gasteiger partial charge in [-0.1, -0.05) is 17.7 Å². The molecule has 18 heavy (non-hydrogen) atoms. The zero-order chi connectivity index (χ0) is 12.7. The smallest absolute Gasteiger partial charge is 0.0528 e. The fourth-order valence-corrected chi connectivity index (χ4v) is 2.58. The molecular formula is C17H17N. The summed E-state index contributed by atoms with van der Waals surface area (Å²) in [4.78, 5) is 0. The molecule has 1 nitrogen and oxygen atoms in total. The third-order valence-electron chi connectivity index (χ3n) is 3.33. The molecule has 0 N–H and O–H groups in total. The molecule has 2 aromatic carbocycles. The quantitative estimate of drug-likeness (QED) is 0.583. The molecule has 0 amide bonds. The van der Waals surface area contributed by atoms with Crippen molar-refractivity contribution in [3.63, 3.8) is 0 Å². The number of hydrogen-bond donors (Lipinski definition) is 0. The minimum Gasteiger partial charge on any atom is -0.317 e. The average molecular weight is 235 g/mol. The van der Waals surface area contributed by atoms with Crippen molar-refractivity contribution in [3.8, 4) is 5.69 Å². The van der Waals surface area contributed by atoms with Crippen molar-refractivity contribution in [1.82, 2.24) is 4.57 Å². The van der Waals surface area contributed by atoms with Crippen molar-refractivity contribution in [2.75, 3.05) is 0 Å². The SMILES string of the molecule is Cc1cc(C)cc(-n2ccc3cc(C)ccc32)c1. The van der Waals surface area contributed by atoms with Gasteiger partial charge >= 0.3 is 0 Å². The van der Waals surface area contributed by atoms with Gasteiger partial charge in [0.2, 0.25) is 0 Å². The van der Waals surface area contributed by atoms with Crippen molar-refractivity contribution < 1.29 is 0 Å². The van der Waals surface area contributed by atoms with Gasteiger partial charge in [-0.05, 0) is 62.2 Å². The Hall–Kier alpha value is -2.02. The summed E-state index contributed by atoms with van der Waals surface area (Å²) in [5, 5.41) is 1.30. The van der Waals surface area contributed by atoms with Crippen LogP contribution in [0, 0.1) is 20.8 Å². The molecule has 0 aliphatic heterocycles. The second kappa shape index (κ2) is 4.02. The monoisotopic (exact) mass is 235 g/mol. The van der Waals surface area contributed by atoms with Crippen molar-refractivity contribution >= 4 is 10.9 Å². The predicted molar refractivity (Wildman–Crippen MR) is 77.5 cm³/mol. The minimum absolute atomic E-state index is 1.24.